The minimum atomic E-state index is -0.717. The number of hydrogen-bond donors (Lipinski definition) is 2. The highest BCUT2D eigenvalue weighted by Crippen LogP contribution is 2.24. The normalized spacial score (nSPS) is 10.6. The molecule has 0 aliphatic carbocycles. The zero-order chi connectivity index (χ0) is 24.1. The van der Waals surface area contributed by atoms with Crippen LogP contribution >= 0.6 is 0 Å². The fraction of sp³-hybridized carbons (Fsp3) is 0.115. The molecule has 0 atom stereocenters. The number of nitrogens with one attached hydrogen (secondary N) is 1. The number of nitrogens with two attached hydrogens (primary N) is 1. The molecule has 0 radical (unpaired) electrons. The van der Waals surface area contributed by atoms with Gasteiger partial charge in [0.2, 0.25) is 0 Å². The maximum absolute atomic E-state index is 13.3. The van der Waals surface area contributed by atoms with Crippen LogP contribution in [0.1, 0.15) is 22.8 Å². The summed E-state index contributed by atoms with van der Waals surface area (Å²) in [5.41, 5.74) is 6.03. The van der Waals surface area contributed by atoms with Crippen molar-refractivity contribution in [1.29, 1.82) is 0 Å². The van der Waals surface area contributed by atoms with Crippen molar-refractivity contribution in [2.24, 2.45) is 0 Å². The molecule has 4 aromatic rings. The van der Waals surface area contributed by atoms with E-state index in [2.05, 4.69) is 4.98 Å². The maximum atomic E-state index is 13.3. The number of para-hydroxylation sites is 1. The number of aromatic nitrogens is 2. The van der Waals surface area contributed by atoms with Crippen molar-refractivity contribution in [2.75, 3.05) is 17.2 Å². The third kappa shape index (κ3) is 4.75. The Morgan fingerprint density at radius 2 is 1.50 bits per heavy atom. The summed E-state index contributed by atoms with van der Waals surface area (Å²) in [6.07, 6.45) is 0. The second-order valence-corrected chi connectivity index (χ2v) is 7.55. The van der Waals surface area contributed by atoms with E-state index in [0.717, 1.165) is 5.56 Å². The van der Waals surface area contributed by atoms with Gasteiger partial charge in [-0.1, -0.05) is 48.5 Å². The molecule has 0 fully saturated rings. The zero-order valence-corrected chi connectivity index (χ0v) is 18.6. The average Bonchev–Trinajstić information content (AvgIpc) is 2.85. The van der Waals surface area contributed by atoms with Crippen molar-refractivity contribution < 1.29 is 9.53 Å². The summed E-state index contributed by atoms with van der Waals surface area (Å²) in [6, 6.07) is 25.1. The number of carbonyl (C=O) groups excluding carboxylic acids is 1. The lowest BCUT2D eigenvalue weighted by molar-refractivity contribution is 0.0988. The van der Waals surface area contributed by atoms with Crippen LogP contribution in [0, 0.1) is 0 Å². The van der Waals surface area contributed by atoms with Gasteiger partial charge in [0.25, 0.3) is 11.5 Å². The number of nitrogen functional groups attached to an aromatic ring is 1. The summed E-state index contributed by atoms with van der Waals surface area (Å²) in [6.45, 7) is 2.07. The van der Waals surface area contributed by atoms with E-state index in [0.29, 0.717) is 17.1 Å². The molecule has 0 bridgehead atoms. The van der Waals surface area contributed by atoms with Gasteiger partial charge in [0.05, 0.1) is 6.54 Å². The summed E-state index contributed by atoms with van der Waals surface area (Å²) in [5.74, 6) is 0.754. The number of rotatable bonds is 7. The molecule has 0 spiro atoms. The van der Waals surface area contributed by atoms with Gasteiger partial charge in [-0.15, -0.1) is 0 Å². The predicted octanol–water partition coefficient (Wildman–Crippen LogP) is 3.63. The van der Waals surface area contributed by atoms with E-state index < -0.39 is 17.2 Å². The van der Waals surface area contributed by atoms with Gasteiger partial charge in [0.15, 0.2) is 5.69 Å². The minimum absolute atomic E-state index is 0.0624. The third-order valence-electron chi connectivity index (χ3n) is 5.31. The molecule has 172 valence electrons. The first-order valence-electron chi connectivity index (χ1n) is 10.8. The van der Waals surface area contributed by atoms with Gasteiger partial charge >= 0.3 is 5.69 Å². The number of amides is 1. The van der Waals surface area contributed by atoms with Gasteiger partial charge in [-0.3, -0.25) is 19.1 Å². The van der Waals surface area contributed by atoms with E-state index in [4.69, 9.17) is 10.5 Å². The number of H-pyrrole nitrogens is 1. The summed E-state index contributed by atoms with van der Waals surface area (Å²) in [7, 11) is 0. The molecule has 0 aliphatic heterocycles. The number of ether oxygens (including phenoxy) is 1. The predicted molar refractivity (Wildman–Crippen MR) is 132 cm³/mol. The molecular formula is C26H24N4O4. The number of carbonyl (C=O) groups is 1. The Balaban J connectivity index is 1.64. The van der Waals surface area contributed by atoms with Crippen molar-refractivity contribution in [3.05, 3.63) is 117 Å². The van der Waals surface area contributed by atoms with Crippen LogP contribution < -0.4 is 26.6 Å². The standard InChI is InChI=1S/C26H24N4O4/c1-2-29(25(32)19-13-15-21(16-14-19)34-20-11-7-4-8-12-20)22-23(27)30(26(33)28-24(22)31)17-18-9-5-3-6-10-18/h3-16H,2,17,27H2,1H3,(H,28,31,33). The molecule has 0 saturated carbocycles. The van der Waals surface area contributed by atoms with Crippen molar-refractivity contribution in [1.82, 2.24) is 9.55 Å². The number of anilines is 2. The summed E-state index contributed by atoms with van der Waals surface area (Å²) in [5, 5.41) is 0. The molecule has 0 aliphatic rings. The molecule has 3 N–H and O–H groups in total. The second-order valence-electron chi connectivity index (χ2n) is 7.55. The van der Waals surface area contributed by atoms with Crippen LogP contribution in [0.5, 0.6) is 11.5 Å². The first kappa shape index (κ1) is 22.6. The highest BCUT2D eigenvalue weighted by Gasteiger charge is 2.24. The van der Waals surface area contributed by atoms with E-state index >= 15 is 0 Å². The topological polar surface area (TPSA) is 110 Å². The molecule has 8 heteroatoms. The number of benzene rings is 3. The molecule has 8 nitrogen and oxygen atoms in total. The first-order chi connectivity index (χ1) is 16.5. The molecule has 0 saturated heterocycles. The summed E-state index contributed by atoms with van der Waals surface area (Å²) in [4.78, 5) is 42.0. The largest absolute Gasteiger partial charge is 0.457 e. The minimum Gasteiger partial charge on any atom is -0.457 e. The van der Waals surface area contributed by atoms with Crippen LogP contribution in [0.2, 0.25) is 0 Å². The van der Waals surface area contributed by atoms with Crippen molar-refractivity contribution >= 4 is 17.4 Å². The van der Waals surface area contributed by atoms with Gasteiger partial charge in [-0.05, 0) is 48.9 Å². The maximum Gasteiger partial charge on any atom is 0.330 e. The Bertz CT molecular complexity index is 1400. The van der Waals surface area contributed by atoms with Gasteiger partial charge in [-0.2, -0.15) is 0 Å². The molecule has 0 unspecified atom stereocenters. The second kappa shape index (κ2) is 9.91. The number of aromatic amines is 1. The lowest BCUT2D eigenvalue weighted by Gasteiger charge is -2.23. The quantitative estimate of drug-likeness (QED) is 0.441. The molecular weight excluding hydrogens is 432 g/mol. The van der Waals surface area contributed by atoms with E-state index in [9.17, 15) is 14.4 Å². The molecule has 3 aromatic carbocycles. The van der Waals surface area contributed by atoms with Crippen molar-refractivity contribution in [3.63, 3.8) is 0 Å². The van der Waals surface area contributed by atoms with Crippen LogP contribution in [0.3, 0.4) is 0 Å². The molecule has 4 rings (SSSR count). The Kier molecular flexibility index (Phi) is 6.59. The molecule has 1 aromatic heterocycles. The van der Waals surface area contributed by atoms with E-state index in [1.54, 1.807) is 31.2 Å². The van der Waals surface area contributed by atoms with E-state index in [1.165, 1.54) is 9.47 Å². The highest BCUT2D eigenvalue weighted by atomic mass is 16.5. The molecule has 34 heavy (non-hydrogen) atoms. The smallest absolute Gasteiger partial charge is 0.330 e. The third-order valence-corrected chi connectivity index (χ3v) is 5.31. The van der Waals surface area contributed by atoms with Gasteiger partial charge < -0.3 is 15.4 Å². The highest BCUT2D eigenvalue weighted by molar-refractivity contribution is 6.07. The van der Waals surface area contributed by atoms with Crippen LogP contribution in [-0.2, 0) is 6.54 Å². The van der Waals surface area contributed by atoms with Crippen LogP contribution in [0.15, 0.2) is 94.5 Å². The fourth-order valence-corrected chi connectivity index (χ4v) is 3.61. The summed E-state index contributed by atoms with van der Waals surface area (Å²) >= 11 is 0. The van der Waals surface area contributed by atoms with Gasteiger partial charge in [-0.25, -0.2) is 4.79 Å². The van der Waals surface area contributed by atoms with Crippen molar-refractivity contribution in [2.45, 2.75) is 13.5 Å². The Morgan fingerprint density at radius 3 is 2.12 bits per heavy atom. The van der Waals surface area contributed by atoms with Crippen LogP contribution in [0.4, 0.5) is 11.5 Å². The van der Waals surface area contributed by atoms with Gasteiger partial charge in [0, 0.05) is 12.1 Å². The van der Waals surface area contributed by atoms with E-state index in [-0.39, 0.29) is 24.6 Å². The SMILES string of the molecule is CCN(C(=O)c1ccc(Oc2ccccc2)cc1)c1c(N)n(Cc2ccccc2)c(=O)[nH]c1=O. The fourth-order valence-electron chi connectivity index (χ4n) is 3.61. The first-order valence-corrected chi connectivity index (χ1v) is 10.8. The zero-order valence-electron chi connectivity index (χ0n) is 18.6. The summed E-state index contributed by atoms with van der Waals surface area (Å²) < 4.78 is 7.02. The Hall–Kier alpha value is -4.59. The number of nitrogens with zero attached hydrogens (tertiary/aromatic N) is 2. The lowest BCUT2D eigenvalue weighted by atomic mass is 10.1. The average molecular weight is 457 g/mol. The molecule has 1 heterocycles. The van der Waals surface area contributed by atoms with E-state index in [1.807, 2.05) is 60.7 Å². The van der Waals surface area contributed by atoms with Crippen LogP contribution in [-0.4, -0.2) is 22.0 Å². The number of hydrogen-bond acceptors (Lipinski definition) is 5. The monoisotopic (exact) mass is 456 g/mol. The lowest BCUT2D eigenvalue weighted by Crippen LogP contribution is -2.41. The Morgan fingerprint density at radius 1 is 0.912 bits per heavy atom. The van der Waals surface area contributed by atoms with Gasteiger partial charge in [0.1, 0.15) is 17.3 Å². The Labute approximate surface area is 195 Å². The van der Waals surface area contributed by atoms with Crippen LogP contribution in [0.25, 0.3) is 0 Å². The molecule has 1 amide bonds. The van der Waals surface area contributed by atoms with Crippen molar-refractivity contribution in [3.8, 4) is 11.5 Å².